The van der Waals surface area contributed by atoms with E-state index in [2.05, 4.69) is 29.5 Å². The van der Waals surface area contributed by atoms with E-state index in [0.717, 1.165) is 42.3 Å². The summed E-state index contributed by atoms with van der Waals surface area (Å²) in [5, 5.41) is 8.30. The van der Waals surface area contributed by atoms with Crippen molar-refractivity contribution in [1.29, 1.82) is 0 Å². The molecule has 0 unspecified atom stereocenters. The van der Waals surface area contributed by atoms with Crippen LogP contribution in [0.1, 0.15) is 24.7 Å². The molecule has 0 fully saturated rings. The first kappa shape index (κ1) is 13.3. The van der Waals surface area contributed by atoms with Crippen LogP contribution in [0.25, 0.3) is 0 Å². The van der Waals surface area contributed by atoms with Crippen LogP contribution in [0, 0.1) is 6.92 Å². The number of hydrogen-bond acceptors (Lipinski definition) is 2. The van der Waals surface area contributed by atoms with Gasteiger partial charge in [0.2, 0.25) is 0 Å². The summed E-state index contributed by atoms with van der Waals surface area (Å²) >= 11 is 6.20. The Labute approximate surface area is 102 Å². The Morgan fingerprint density at radius 2 is 2.19 bits per heavy atom. The van der Waals surface area contributed by atoms with Gasteiger partial charge in [0.05, 0.1) is 16.4 Å². The van der Waals surface area contributed by atoms with Crippen LogP contribution in [0.4, 0.5) is 0 Å². The van der Waals surface area contributed by atoms with Gasteiger partial charge in [0.15, 0.2) is 0 Å². The third-order valence-electron chi connectivity index (χ3n) is 2.49. The molecule has 1 aromatic rings. The molecule has 16 heavy (non-hydrogen) atoms. The fraction of sp³-hybridized carbons (Fsp3) is 0.583. The van der Waals surface area contributed by atoms with Crippen molar-refractivity contribution >= 4 is 11.6 Å². The molecule has 0 aromatic carbocycles. The first-order chi connectivity index (χ1) is 7.70. The van der Waals surface area contributed by atoms with Gasteiger partial charge in [-0.05, 0) is 33.9 Å². The normalized spacial score (nSPS) is 11.5. The van der Waals surface area contributed by atoms with Crippen molar-refractivity contribution in [2.75, 3.05) is 13.6 Å². The minimum atomic E-state index is 0.806. The van der Waals surface area contributed by atoms with E-state index in [1.165, 1.54) is 0 Å². The molecule has 1 rings (SSSR count). The molecule has 90 valence electrons. The topological polar surface area (TPSA) is 29.9 Å². The van der Waals surface area contributed by atoms with Gasteiger partial charge < -0.3 is 5.32 Å². The molecule has 4 heteroatoms. The largest absolute Gasteiger partial charge is 0.319 e. The molecule has 0 atom stereocenters. The Morgan fingerprint density at radius 1 is 1.44 bits per heavy atom. The summed E-state index contributed by atoms with van der Waals surface area (Å²) in [5.41, 5.74) is 2.03. The van der Waals surface area contributed by atoms with Crippen LogP contribution in [0.2, 0.25) is 5.02 Å². The molecule has 0 spiro atoms. The zero-order valence-corrected chi connectivity index (χ0v) is 11.0. The summed E-state index contributed by atoms with van der Waals surface area (Å²) in [6.07, 6.45) is 6.24. The highest BCUT2D eigenvalue weighted by Gasteiger charge is 2.10. The number of hydrogen-bond donors (Lipinski definition) is 1. The Balaban J connectivity index is 2.62. The van der Waals surface area contributed by atoms with Crippen molar-refractivity contribution in [1.82, 2.24) is 15.1 Å². The van der Waals surface area contributed by atoms with Gasteiger partial charge >= 0.3 is 0 Å². The average molecular weight is 242 g/mol. The van der Waals surface area contributed by atoms with Crippen molar-refractivity contribution in [3.63, 3.8) is 0 Å². The summed E-state index contributed by atoms with van der Waals surface area (Å²) < 4.78 is 1.97. The third kappa shape index (κ3) is 3.35. The van der Waals surface area contributed by atoms with Crippen LogP contribution >= 0.6 is 11.6 Å². The Kier molecular flexibility index (Phi) is 5.56. The molecule has 3 nitrogen and oxygen atoms in total. The highest BCUT2D eigenvalue weighted by molar-refractivity contribution is 6.31. The standard InChI is InChI=1S/C12H20ClN3/c1-4-16-11(12(13)10(2)15-16)8-6-5-7-9-14-3/h5-6,14H,4,7-9H2,1-3H3. The smallest absolute Gasteiger partial charge is 0.0850 e. The number of allylic oxidation sites excluding steroid dienone is 1. The molecule has 0 aliphatic rings. The number of aryl methyl sites for hydroxylation is 2. The van der Waals surface area contributed by atoms with Gasteiger partial charge in [-0.1, -0.05) is 23.8 Å². The van der Waals surface area contributed by atoms with E-state index in [1.54, 1.807) is 0 Å². The van der Waals surface area contributed by atoms with Crippen LogP contribution in [0.5, 0.6) is 0 Å². The third-order valence-corrected chi connectivity index (χ3v) is 2.98. The quantitative estimate of drug-likeness (QED) is 0.613. The summed E-state index contributed by atoms with van der Waals surface area (Å²) in [6, 6.07) is 0. The van der Waals surface area contributed by atoms with Gasteiger partial charge in [0.25, 0.3) is 0 Å². The minimum absolute atomic E-state index is 0.806. The van der Waals surface area contributed by atoms with Gasteiger partial charge in [0.1, 0.15) is 0 Å². The molecule has 1 N–H and O–H groups in total. The summed E-state index contributed by atoms with van der Waals surface area (Å²) in [7, 11) is 1.96. The number of nitrogens with one attached hydrogen (secondary N) is 1. The lowest BCUT2D eigenvalue weighted by atomic mass is 10.2. The fourth-order valence-corrected chi connectivity index (χ4v) is 1.82. The van der Waals surface area contributed by atoms with E-state index in [4.69, 9.17) is 11.6 Å². The number of aromatic nitrogens is 2. The van der Waals surface area contributed by atoms with Crippen molar-refractivity contribution < 1.29 is 0 Å². The maximum Gasteiger partial charge on any atom is 0.0850 e. The zero-order chi connectivity index (χ0) is 12.0. The van der Waals surface area contributed by atoms with E-state index >= 15 is 0 Å². The lowest BCUT2D eigenvalue weighted by molar-refractivity contribution is 0.626. The van der Waals surface area contributed by atoms with Crippen LogP contribution in [-0.2, 0) is 13.0 Å². The van der Waals surface area contributed by atoms with Gasteiger partial charge in [-0.2, -0.15) is 5.10 Å². The fourth-order valence-electron chi connectivity index (χ4n) is 1.60. The second kappa shape index (κ2) is 6.71. The van der Waals surface area contributed by atoms with Crippen molar-refractivity contribution in [2.45, 2.75) is 33.2 Å². The monoisotopic (exact) mass is 241 g/mol. The predicted molar refractivity (Wildman–Crippen MR) is 69.0 cm³/mol. The van der Waals surface area contributed by atoms with Crippen molar-refractivity contribution in [3.05, 3.63) is 28.6 Å². The molecule has 1 aromatic heterocycles. The first-order valence-electron chi connectivity index (χ1n) is 5.72. The van der Waals surface area contributed by atoms with Crippen molar-refractivity contribution in [3.8, 4) is 0 Å². The number of halogens is 1. The number of nitrogens with zero attached hydrogens (tertiary/aromatic N) is 2. The molecule has 0 bridgehead atoms. The van der Waals surface area contributed by atoms with Crippen LogP contribution < -0.4 is 5.32 Å². The summed E-state index contributed by atoms with van der Waals surface area (Å²) in [5.74, 6) is 0. The van der Waals surface area contributed by atoms with E-state index in [1.807, 2.05) is 18.7 Å². The van der Waals surface area contributed by atoms with Gasteiger partial charge in [-0.3, -0.25) is 4.68 Å². The summed E-state index contributed by atoms with van der Waals surface area (Å²) in [4.78, 5) is 0. The molecular weight excluding hydrogens is 222 g/mol. The number of rotatable bonds is 6. The van der Waals surface area contributed by atoms with E-state index in [-0.39, 0.29) is 0 Å². The molecule has 0 aliphatic heterocycles. The van der Waals surface area contributed by atoms with E-state index in [9.17, 15) is 0 Å². The second-order valence-corrected chi connectivity index (χ2v) is 4.11. The molecule has 0 saturated heterocycles. The van der Waals surface area contributed by atoms with Crippen LogP contribution in [-0.4, -0.2) is 23.4 Å². The Hall–Kier alpha value is -0.800. The highest BCUT2D eigenvalue weighted by atomic mass is 35.5. The highest BCUT2D eigenvalue weighted by Crippen LogP contribution is 2.20. The molecule has 0 amide bonds. The SMILES string of the molecule is CCn1nc(C)c(Cl)c1CC=CCCNC. The van der Waals surface area contributed by atoms with Crippen molar-refractivity contribution in [2.24, 2.45) is 0 Å². The van der Waals surface area contributed by atoms with Gasteiger partial charge in [0, 0.05) is 13.0 Å². The molecule has 0 aliphatic carbocycles. The predicted octanol–water partition coefficient (Wildman–Crippen LogP) is 2.57. The molecule has 0 radical (unpaired) electrons. The lowest BCUT2D eigenvalue weighted by Crippen LogP contribution is -2.06. The molecule has 0 saturated carbocycles. The Morgan fingerprint density at radius 3 is 2.81 bits per heavy atom. The lowest BCUT2D eigenvalue weighted by Gasteiger charge is -2.01. The van der Waals surface area contributed by atoms with Gasteiger partial charge in [-0.25, -0.2) is 0 Å². The maximum absolute atomic E-state index is 6.20. The van der Waals surface area contributed by atoms with E-state index < -0.39 is 0 Å². The maximum atomic E-state index is 6.20. The molecular formula is C12H20ClN3. The summed E-state index contributed by atoms with van der Waals surface area (Å²) in [6.45, 7) is 5.91. The average Bonchev–Trinajstić information content (AvgIpc) is 2.56. The van der Waals surface area contributed by atoms with Crippen LogP contribution in [0.15, 0.2) is 12.2 Å². The molecule has 1 heterocycles. The zero-order valence-electron chi connectivity index (χ0n) is 10.3. The second-order valence-electron chi connectivity index (χ2n) is 3.73. The van der Waals surface area contributed by atoms with Gasteiger partial charge in [-0.15, -0.1) is 0 Å². The Bertz CT molecular complexity index is 355. The minimum Gasteiger partial charge on any atom is -0.319 e. The first-order valence-corrected chi connectivity index (χ1v) is 6.09. The van der Waals surface area contributed by atoms with E-state index in [0.29, 0.717) is 0 Å². The van der Waals surface area contributed by atoms with Crippen LogP contribution in [0.3, 0.4) is 0 Å².